The molecule has 1 rings (SSSR count). The Hall–Kier alpha value is -0.513. The fourth-order valence-electron chi connectivity index (χ4n) is 2.69. The minimum Gasteiger partial charge on any atom is -0.416 e. The first-order valence-electron chi connectivity index (χ1n) is 8.08. The van der Waals surface area contributed by atoms with Gasteiger partial charge in [0.05, 0.1) is 0 Å². The maximum Gasteiger partial charge on any atom is 0.191 e. The molecule has 0 amide bonds. The smallest absolute Gasteiger partial charge is 0.191 e. The number of hydrogen-bond donors (Lipinski definition) is 0. The van der Waals surface area contributed by atoms with Crippen LogP contribution in [-0.2, 0) is 4.43 Å². The molecule has 1 aromatic rings. The van der Waals surface area contributed by atoms with E-state index in [1.807, 2.05) is 0 Å². The van der Waals surface area contributed by atoms with Gasteiger partial charge >= 0.3 is 0 Å². The molecule has 0 aliphatic carbocycles. The van der Waals surface area contributed by atoms with E-state index in [2.05, 4.69) is 64.3 Å². The molecule has 0 aromatic heterocycles. The SMILES string of the molecule is C/C=C(\CCO[Si](CC)(CC)CC)c1ccc(SC)cc1. The molecule has 0 fully saturated rings. The van der Waals surface area contributed by atoms with E-state index in [1.54, 1.807) is 11.8 Å². The van der Waals surface area contributed by atoms with Crippen LogP contribution in [0.15, 0.2) is 35.2 Å². The Morgan fingerprint density at radius 2 is 1.67 bits per heavy atom. The van der Waals surface area contributed by atoms with Gasteiger partial charge in [0.2, 0.25) is 0 Å². The number of rotatable bonds is 9. The largest absolute Gasteiger partial charge is 0.416 e. The Morgan fingerprint density at radius 1 is 1.10 bits per heavy atom. The highest BCUT2D eigenvalue weighted by atomic mass is 32.2. The lowest BCUT2D eigenvalue weighted by atomic mass is 10.0. The van der Waals surface area contributed by atoms with Gasteiger partial charge in [-0.3, -0.25) is 0 Å². The summed E-state index contributed by atoms with van der Waals surface area (Å²) in [5.74, 6) is 0. The van der Waals surface area contributed by atoms with Crippen molar-refractivity contribution in [3.63, 3.8) is 0 Å². The zero-order chi connectivity index (χ0) is 15.7. The van der Waals surface area contributed by atoms with E-state index in [0.717, 1.165) is 13.0 Å². The molecule has 0 atom stereocenters. The number of thioether (sulfide) groups is 1. The predicted octanol–water partition coefficient (Wildman–Crippen LogP) is 6.22. The molecule has 0 N–H and O–H groups in total. The Kier molecular flexibility index (Phi) is 8.38. The van der Waals surface area contributed by atoms with Crippen molar-refractivity contribution >= 4 is 25.7 Å². The van der Waals surface area contributed by atoms with E-state index in [-0.39, 0.29) is 0 Å². The molecule has 0 aliphatic rings. The average molecular weight is 323 g/mol. The Bertz CT molecular complexity index is 427. The third kappa shape index (κ3) is 5.31. The second-order valence-corrected chi connectivity index (χ2v) is 11.0. The zero-order valence-corrected chi connectivity index (χ0v) is 16.1. The zero-order valence-electron chi connectivity index (χ0n) is 14.2. The van der Waals surface area contributed by atoms with Crippen LogP contribution in [0.2, 0.25) is 18.1 Å². The first-order chi connectivity index (χ1) is 10.1. The third-order valence-electron chi connectivity index (χ3n) is 4.52. The Labute approximate surface area is 136 Å². The maximum absolute atomic E-state index is 6.37. The highest BCUT2D eigenvalue weighted by Crippen LogP contribution is 2.25. The molecule has 1 nitrogen and oxygen atoms in total. The van der Waals surface area contributed by atoms with E-state index in [9.17, 15) is 0 Å². The molecule has 0 spiro atoms. The van der Waals surface area contributed by atoms with Crippen molar-refractivity contribution in [1.82, 2.24) is 0 Å². The molecule has 0 bridgehead atoms. The van der Waals surface area contributed by atoms with Gasteiger partial charge in [-0.25, -0.2) is 0 Å². The topological polar surface area (TPSA) is 9.23 Å². The summed E-state index contributed by atoms with van der Waals surface area (Å²) >= 11 is 1.79. The molecular weight excluding hydrogens is 292 g/mol. The Morgan fingerprint density at radius 3 is 2.10 bits per heavy atom. The van der Waals surface area contributed by atoms with Crippen LogP contribution in [0.4, 0.5) is 0 Å². The van der Waals surface area contributed by atoms with E-state index >= 15 is 0 Å². The second-order valence-electron chi connectivity index (χ2n) is 5.38. The molecule has 1 aromatic carbocycles. The molecule has 3 heteroatoms. The standard InChI is InChI=1S/C18H30OSSi/c1-6-16(17-10-12-18(20-5)13-11-17)14-15-19-21(7-2,8-3)9-4/h6,10-13H,7-9,14-15H2,1-5H3/b16-6+. The molecule has 0 saturated carbocycles. The number of hydrogen-bond acceptors (Lipinski definition) is 2. The summed E-state index contributed by atoms with van der Waals surface area (Å²) in [5.41, 5.74) is 2.73. The summed E-state index contributed by atoms with van der Waals surface area (Å²) in [6.45, 7) is 9.86. The van der Waals surface area contributed by atoms with Crippen LogP contribution >= 0.6 is 11.8 Å². The molecule has 118 valence electrons. The molecular formula is C18H30OSSi. The lowest BCUT2D eigenvalue weighted by Crippen LogP contribution is -2.36. The number of benzene rings is 1. The second kappa shape index (κ2) is 9.49. The van der Waals surface area contributed by atoms with E-state index in [1.165, 1.54) is 34.2 Å². The van der Waals surface area contributed by atoms with Crippen LogP contribution in [0, 0.1) is 0 Å². The average Bonchev–Trinajstić information content (AvgIpc) is 2.56. The van der Waals surface area contributed by atoms with E-state index in [0.29, 0.717) is 0 Å². The van der Waals surface area contributed by atoms with Gasteiger partial charge in [-0.2, -0.15) is 0 Å². The molecule has 0 saturated heterocycles. The minimum absolute atomic E-state index is 0.867. The van der Waals surface area contributed by atoms with Crippen molar-refractivity contribution < 1.29 is 4.43 Å². The van der Waals surface area contributed by atoms with E-state index in [4.69, 9.17) is 4.43 Å². The highest BCUT2D eigenvalue weighted by molar-refractivity contribution is 7.98. The summed E-state index contributed by atoms with van der Waals surface area (Å²) in [7, 11) is -1.44. The predicted molar refractivity (Wildman–Crippen MR) is 99.6 cm³/mol. The van der Waals surface area contributed by atoms with Gasteiger partial charge in [-0.1, -0.05) is 39.0 Å². The highest BCUT2D eigenvalue weighted by Gasteiger charge is 2.28. The molecule has 0 radical (unpaired) electrons. The van der Waals surface area contributed by atoms with Crippen molar-refractivity contribution in [2.45, 2.75) is 57.1 Å². The summed E-state index contributed by atoms with van der Waals surface area (Å²) in [4.78, 5) is 1.32. The lowest BCUT2D eigenvalue weighted by Gasteiger charge is -2.28. The van der Waals surface area contributed by atoms with Crippen LogP contribution in [0.5, 0.6) is 0 Å². The van der Waals surface area contributed by atoms with Gasteiger partial charge in [-0.15, -0.1) is 11.8 Å². The van der Waals surface area contributed by atoms with Gasteiger partial charge in [-0.05, 0) is 61.0 Å². The van der Waals surface area contributed by atoms with Crippen molar-refractivity contribution in [2.24, 2.45) is 0 Å². The normalized spacial score (nSPS) is 12.7. The quantitative estimate of drug-likeness (QED) is 0.394. The minimum atomic E-state index is -1.44. The molecule has 0 aliphatic heterocycles. The monoisotopic (exact) mass is 322 g/mol. The van der Waals surface area contributed by atoms with Crippen LogP contribution < -0.4 is 0 Å². The molecule has 21 heavy (non-hydrogen) atoms. The molecule has 0 unspecified atom stereocenters. The first kappa shape index (κ1) is 18.5. The van der Waals surface area contributed by atoms with Crippen LogP contribution in [0.3, 0.4) is 0 Å². The van der Waals surface area contributed by atoms with Crippen LogP contribution in [0.25, 0.3) is 5.57 Å². The maximum atomic E-state index is 6.37. The van der Waals surface area contributed by atoms with Gasteiger partial charge in [0.1, 0.15) is 0 Å². The summed E-state index contributed by atoms with van der Waals surface area (Å²) < 4.78 is 6.37. The Balaban J connectivity index is 2.63. The fourth-order valence-corrected chi connectivity index (χ4v) is 5.75. The summed E-state index contributed by atoms with van der Waals surface area (Å²) in [5, 5.41) is 0. The van der Waals surface area contributed by atoms with Crippen LogP contribution in [-0.4, -0.2) is 21.2 Å². The van der Waals surface area contributed by atoms with Crippen molar-refractivity contribution in [3.8, 4) is 0 Å². The molecule has 0 heterocycles. The van der Waals surface area contributed by atoms with Crippen molar-refractivity contribution in [1.29, 1.82) is 0 Å². The van der Waals surface area contributed by atoms with E-state index < -0.39 is 8.32 Å². The van der Waals surface area contributed by atoms with Gasteiger partial charge < -0.3 is 4.43 Å². The van der Waals surface area contributed by atoms with Crippen molar-refractivity contribution in [2.75, 3.05) is 12.9 Å². The fraction of sp³-hybridized carbons (Fsp3) is 0.556. The van der Waals surface area contributed by atoms with Crippen LogP contribution in [0.1, 0.15) is 39.7 Å². The van der Waals surface area contributed by atoms with Crippen molar-refractivity contribution in [3.05, 3.63) is 35.9 Å². The summed E-state index contributed by atoms with van der Waals surface area (Å²) in [6, 6.07) is 12.5. The summed E-state index contributed by atoms with van der Waals surface area (Å²) in [6.07, 6.45) is 5.36. The van der Waals surface area contributed by atoms with Gasteiger partial charge in [0.15, 0.2) is 8.32 Å². The lowest BCUT2D eigenvalue weighted by molar-refractivity contribution is 0.308. The van der Waals surface area contributed by atoms with Gasteiger partial charge in [0, 0.05) is 11.5 Å². The first-order valence-corrected chi connectivity index (χ1v) is 11.8. The van der Waals surface area contributed by atoms with Gasteiger partial charge in [0.25, 0.3) is 0 Å². The third-order valence-corrected chi connectivity index (χ3v) is 9.95. The number of allylic oxidation sites excluding steroid dienone is 1.